The summed E-state index contributed by atoms with van der Waals surface area (Å²) in [6, 6.07) is 11.8. The standard InChI is InChI=1S/C36H52N4O8/c1-22(2)32(40-34(46)29(38-24(4)41)20-26-16-18-27(42)19-17-26)35(47)37-23(3)33(45)39-28(21-31(44)48-36(5,6)7)30(43)15-11-14-25-12-9-8-10-13-25/h8-10,12-13,16-19,22-23,28-30,32,42-43H,11,14-15,20-21H2,1-7H3,(H,37,47)(H,38,41)(H,39,45)(H,40,46)/t23-,28?,29-,30?,32-/m0/s1. The molecule has 0 heterocycles. The first kappa shape index (κ1) is 39.7. The van der Waals surface area contributed by atoms with Crippen LogP contribution in [0.15, 0.2) is 54.6 Å². The topological polar surface area (TPSA) is 183 Å². The van der Waals surface area contributed by atoms with Gasteiger partial charge in [0.15, 0.2) is 0 Å². The van der Waals surface area contributed by atoms with Gasteiger partial charge in [-0.05, 0) is 76.1 Å². The van der Waals surface area contributed by atoms with Crippen LogP contribution < -0.4 is 21.3 Å². The molecule has 0 fully saturated rings. The van der Waals surface area contributed by atoms with Crippen LogP contribution in [0.5, 0.6) is 5.75 Å². The fourth-order valence-electron chi connectivity index (χ4n) is 4.99. The van der Waals surface area contributed by atoms with Gasteiger partial charge in [-0.1, -0.05) is 56.3 Å². The Kier molecular flexibility index (Phi) is 15.5. The van der Waals surface area contributed by atoms with E-state index in [0.717, 1.165) is 5.56 Å². The minimum absolute atomic E-state index is 0.0581. The van der Waals surface area contributed by atoms with Crippen molar-refractivity contribution < 1.29 is 38.9 Å². The van der Waals surface area contributed by atoms with Gasteiger partial charge in [-0.15, -0.1) is 0 Å². The number of aromatic hydroxyl groups is 1. The highest BCUT2D eigenvalue weighted by molar-refractivity contribution is 5.94. The second-order valence-electron chi connectivity index (χ2n) is 13.4. The molecule has 6 N–H and O–H groups in total. The van der Waals surface area contributed by atoms with Crippen molar-refractivity contribution in [3.05, 3.63) is 65.7 Å². The summed E-state index contributed by atoms with van der Waals surface area (Å²) < 4.78 is 5.43. The quantitative estimate of drug-likeness (QED) is 0.139. The van der Waals surface area contributed by atoms with E-state index in [1.807, 2.05) is 30.3 Å². The average Bonchev–Trinajstić information content (AvgIpc) is 2.99. The lowest BCUT2D eigenvalue weighted by molar-refractivity contribution is -0.156. The number of aryl methyl sites for hydroxylation is 1. The lowest BCUT2D eigenvalue weighted by Crippen LogP contribution is -2.59. The molecule has 264 valence electrons. The Morgan fingerprint density at radius 2 is 1.42 bits per heavy atom. The monoisotopic (exact) mass is 668 g/mol. The summed E-state index contributed by atoms with van der Waals surface area (Å²) in [6.45, 7) is 11.4. The Morgan fingerprint density at radius 1 is 0.792 bits per heavy atom. The first-order chi connectivity index (χ1) is 22.4. The molecule has 0 aliphatic rings. The minimum Gasteiger partial charge on any atom is -0.508 e. The number of aliphatic hydroxyl groups is 1. The van der Waals surface area contributed by atoms with E-state index in [-0.39, 0.29) is 24.5 Å². The number of amides is 4. The maximum atomic E-state index is 13.4. The van der Waals surface area contributed by atoms with Crippen molar-refractivity contribution in [2.45, 2.75) is 116 Å². The predicted molar refractivity (Wildman–Crippen MR) is 182 cm³/mol. The number of phenols is 1. The van der Waals surface area contributed by atoms with E-state index >= 15 is 0 Å². The number of esters is 1. The van der Waals surface area contributed by atoms with E-state index in [2.05, 4.69) is 21.3 Å². The average molecular weight is 669 g/mol. The maximum Gasteiger partial charge on any atom is 0.308 e. The Morgan fingerprint density at radius 3 is 1.98 bits per heavy atom. The van der Waals surface area contributed by atoms with Crippen LogP contribution in [0, 0.1) is 5.92 Å². The minimum atomic E-state index is -1.09. The lowest BCUT2D eigenvalue weighted by atomic mass is 9.99. The second-order valence-corrected chi connectivity index (χ2v) is 13.4. The van der Waals surface area contributed by atoms with Gasteiger partial charge in [-0.25, -0.2) is 0 Å². The van der Waals surface area contributed by atoms with Crippen LogP contribution >= 0.6 is 0 Å². The molecule has 0 spiro atoms. The third kappa shape index (κ3) is 14.5. The number of aliphatic hydroxyl groups excluding tert-OH is 1. The summed E-state index contributed by atoms with van der Waals surface area (Å²) in [6.07, 6.45) is 0.410. The number of ether oxygens (including phenoxy) is 1. The number of phenolic OH excluding ortho intramolecular Hbond substituents is 1. The number of hydrogen-bond donors (Lipinski definition) is 6. The van der Waals surface area contributed by atoms with Crippen LogP contribution in [-0.4, -0.2) is 75.7 Å². The number of carbonyl (C=O) groups excluding carboxylic acids is 5. The van der Waals surface area contributed by atoms with Gasteiger partial charge in [0.25, 0.3) is 0 Å². The molecule has 4 amide bonds. The van der Waals surface area contributed by atoms with Crippen LogP contribution in [0.2, 0.25) is 0 Å². The molecule has 48 heavy (non-hydrogen) atoms. The highest BCUT2D eigenvalue weighted by atomic mass is 16.6. The number of carbonyl (C=O) groups is 5. The van der Waals surface area contributed by atoms with Crippen LogP contribution in [0.25, 0.3) is 0 Å². The van der Waals surface area contributed by atoms with Crippen LogP contribution in [-0.2, 0) is 41.6 Å². The van der Waals surface area contributed by atoms with Gasteiger partial charge < -0.3 is 36.2 Å². The van der Waals surface area contributed by atoms with Crippen molar-refractivity contribution in [3.8, 4) is 5.75 Å². The van der Waals surface area contributed by atoms with Gasteiger partial charge in [-0.2, -0.15) is 0 Å². The molecule has 0 radical (unpaired) electrons. The first-order valence-corrected chi connectivity index (χ1v) is 16.3. The molecule has 2 rings (SSSR count). The Balaban J connectivity index is 2.09. The van der Waals surface area contributed by atoms with Crippen molar-refractivity contribution in [1.29, 1.82) is 0 Å². The molecular weight excluding hydrogens is 616 g/mol. The SMILES string of the molecule is CC(=O)N[C@@H](Cc1ccc(O)cc1)C(=O)N[C@H](C(=O)N[C@@H](C)C(=O)NC(CC(=O)OC(C)(C)C)C(O)CCCc1ccccc1)C(C)C. The largest absolute Gasteiger partial charge is 0.508 e. The second kappa shape index (κ2) is 18.8. The molecule has 0 aliphatic carbocycles. The normalized spacial score (nSPS) is 14.5. The predicted octanol–water partition coefficient (Wildman–Crippen LogP) is 2.69. The summed E-state index contributed by atoms with van der Waals surface area (Å²) in [4.78, 5) is 64.5. The fraction of sp³-hybridized carbons (Fsp3) is 0.528. The number of benzene rings is 2. The van der Waals surface area contributed by atoms with Crippen LogP contribution in [0.3, 0.4) is 0 Å². The Bertz CT molecular complexity index is 1360. The third-order valence-electron chi connectivity index (χ3n) is 7.48. The highest BCUT2D eigenvalue weighted by Crippen LogP contribution is 2.15. The molecule has 0 aromatic heterocycles. The molecule has 12 heteroatoms. The Labute approximate surface area is 283 Å². The zero-order valence-electron chi connectivity index (χ0n) is 29.0. The molecule has 5 atom stereocenters. The van der Waals surface area contributed by atoms with E-state index in [4.69, 9.17) is 4.74 Å². The van der Waals surface area contributed by atoms with E-state index in [1.54, 1.807) is 46.8 Å². The van der Waals surface area contributed by atoms with Crippen LogP contribution in [0.4, 0.5) is 0 Å². The fourth-order valence-corrected chi connectivity index (χ4v) is 4.99. The van der Waals surface area contributed by atoms with Crippen molar-refractivity contribution >= 4 is 29.6 Å². The van der Waals surface area contributed by atoms with Gasteiger partial charge in [0.2, 0.25) is 23.6 Å². The van der Waals surface area contributed by atoms with Crippen molar-refractivity contribution in [1.82, 2.24) is 21.3 Å². The summed E-state index contributed by atoms with van der Waals surface area (Å²) in [7, 11) is 0. The van der Waals surface area contributed by atoms with E-state index in [9.17, 15) is 34.2 Å². The number of nitrogens with one attached hydrogen (secondary N) is 4. The van der Waals surface area contributed by atoms with Crippen LogP contribution in [0.1, 0.15) is 78.9 Å². The summed E-state index contributed by atoms with van der Waals surface area (Å²) in [5, 5.41) is 31.2. The zero-order chi connectivity index (χ0) is 36.0. The number of rotatable bonds is 17. The highest BCUT2D eigenvalue weighted by Gasteiger charge is 2.32. The molecule has 2 aromatic carbocycles. The van der Waals surface area contributed by atoms with Crippen molar-refractivity contribution in [2.24, 2.45) is 5.92 Å². The number of hydrogen-bond acceptors (Lipinski definition) is 8. The Hall–Kier alpha value is -4.45. The molecule has 2 aromatic rings. The maximum absolute atomic E-state index is 13.4. The first-order valence-electron chi connectivity index (χ1n) is 16.3. The zero-order valence-corrected chi connectivity index (χ0v) is 29.0. The third-order valence-corrected chi connectivity index (χ3v) is 7.48. The molecule has 0 saturated heterocycles. The lowest BCUT2D eigenvalue weighted by Gasteiger charge is -2.28. The summed E-state index contributed by atoms with van der Waals surface area (Å²) in [5.41, 5.74) is 1.02. The van der Waals surface area contributed by atoms with Gasteiger partial charge >= 0.3 is 5.97 Å². The molecule has 2 unspecified atom stereocenters. The van der Waals surface area contributed by atoms with E-state index in [0.29, 0.717) is 24.8 Å². The molecule has 0 saturated carbocycles. The van der Waals surface area contributed by atoms with E-state index < -0.39 is 65.5 Å². The van der Waals surface area contributed by atoms with Gasteiger partial charge in [0.05, 0.1) is 18.6 Å². The van der Waals surface area contributed by atoms with Crippen molar-refractivity contribution in [2.75, 3.05) is 0 Å². The summed E-state index contributed by atoms with van der Waals surface area (Å²) >= 11 is 0. The van der Waals surface area contributed by atoms with Crippen molar-refractivity contribution in [3.63, 3.8) is 0 Å². The molecule has 0 bridgehead atoms. The smallest absolute Gasteiger partial charge is 0.308 e. The van der Waals surface area contributed by atoms with Gasteiger partial charge in [-0.3, -0.25) is 24.0 Å². The van der Waals surface area contributed by atoms with Gasteiger partial charge in [0.1, 0.15) is 29.5 Å². The van der Waals surface area contributed by atoms with Gasteiger partial charge in [0, 0.05) is 13.3 Å². The summed E-state index contributed by atoms with van der Waals surface area (Å²) in [5.74, 6) is -3.20. The molecule has 0 aliphatic heterocycles. The molecular formula is C36H52N4O8. The van der Waals surface area contributed by atoms with E-state index in [1.165, 1.54) is 26.0 Å². The molecule has 12 nitrogen and oxygen atoms in total.